The quantitative estimate of drug-likeness (QED) is 0.352. The Morgan fingerprint density at radius 3 is 2.65 bits per heavy atom. The highest BCUT2D eigenvalue weighted by Crippen LogP contribution is 2.45. The number of carbonyl (C=O) groups is 1. The SMILES string of the molecule is CC(C)(C)[C@@H]1CCc2c(sc(N=Cc3cc4c(cc3Br)OCO4)c2C(=O)Nc2ccccc2)C1. The van der Waals surface area contributed by atoms with Crippen molar-refractivity contribution in [2.45, 2.75) is 40.0 Å². The van der Waals surface area contributed by atoms with E-state index in [0.717, 1.165) is 45.6 Å². The summed E-state index contributed by atoms with van der Waals surface area (Å²) in [5.74, 6) is 1.90. The highest BCUT2D eigenvalue weighted by atomic mass is 79.9. The van der Waals surface area contributed by atoms with Gasteiger partial charge in [-0.3, -0.25) is 4.79 Å². The van der Waals surface area contributed by atoms with E-state index in [4.69, 9.17) is 14.5 Å². The van der Waals surface area contributed by atoms with Gasteiger partial charge in [-0.2, -0.15) is 0 Å². The molecule has 1 aromatic heterocycles. The summed E-state index contributed by atoms with van der Waals surface area (Å²) in [7, 11) is 0. The van der Waals surface area contributed by atoms with Gasteiger partial charge in [-0.05, 0) is 76.4 Å². The first-order chi connectivity index (χ1) is 16.3. The Hall–Kier alpha value is -2.64. The first kappa shape index (κ1) is 23.1. The van der Waals surface area contributed by atoms with Gasteiger partial charge in [-0.1, -0.05) is 39.0 Å². The summed E-state index contributed by atoms with van der Waals surface area (Å²) in [6.45, 7) is 7.12. The van der Waals surface area contributed by atoms with E-state index in [0.29, 0.717) is 23.0 Å². The molecule has 0 saturated heterocycles. The van der Waals surface area contributed by atoms with Gasteiger partial charge in [0.15, 0.2) is 11.5 Å². The predicted molar refractivity (Wildman–Crippen MR) is 141 cm³/mol. The van der Waals surface area contributed by atoms with Crippen LogP contribution in [0.2, 0.25) is 0 Å². The fourth-order valence-corrected chi connectivity index (χ4v) is 6.20. The molecule has 1 atom stereocenters. The van der Waals surface area contributed by atoms with Gasteiger partial charge < -0.3 is 14.8 Å². The summed E-state index contributed by atoms with van der Waals surface area (Å²) in [6.07, 6.45) is 4.76. The maximum Gasteiger partial charge on any atom is 0.259 e. The topological polar surface area (TPSA) is 59.9 Å². The number of amides is 1. The zero-order valence-electron chi connectivity index (χ0n) is 19.5. The van der Waals surface area contributed by atoms with Crippen LogP contribution in [0.1, 0.15) is 53.6 Å². The van der Waals surface area contributed by atoms with E-state index in [-0.39, 0.29) is 18.1 Å². The molecule has 2 heterocycles. The smallest absolute Gasteiger partial charge is 0.259 e. The van der Waals surface area contributed by atoms with Gasteiger partial charge in [0.1, 0.15) is 5.00 Å². The Balaban J connectivity index is 1.51. The van der Waals surface area contributed by atoms with E-state index >= 15 is 0 Å². The number of ether oxygens (including phenoxy) is 2. The fourth-order valence-electron chi connectivity index (χ4n) is 4.51. The first-order valence-electron chi connectivity index (χ1n) is 11.4. The number of hydrogen-bond acceptors (Lipinski definition) is 5. The van der Waals surface area contributed by atoms with Crippen LogP contribution in [0.4, 0.5) is 10.7 Å². The first-order valence-corrected chi connectivity index (χ1v) is 13.0. The van der Waals surface area contributed by atoms with E-state index in [1.54, 1.807) is 17.6 Å². The van der Waals surface area contributed by atoms with Gasteiger partial charge in [-0.15, -0.1) is 11.3 Å². The van der Waals surface area contributed by atoms with Crippen molar-refractivity contribution >= 4 is 50.1 Å². The maximum absolute atomic E-state index is 13.5. The Labute approximate surface area is 212 Å². The maximum atomic E-state index is 13.5. The number of hydrogen-bond donors (Lipinski definition) is 1. The van der Waals surface area contributed by atoms with Crippen LogP contribution in [-0.4, -0.2) is 18.9 Å². The van der Waals surface area contributed by atoms with E-state index < -0.39 is 0 Å². The van der Waals surface area contributed by atoms with Crippen LogP contribution >= 0.6 is 27.3 Å². The highest BCUT2D eigenvalue weighted by Gasteiger charge is 2.33. The lowest BCUT2D eigenvalue weighted by Crippen LogP contribution is -2.27. The summed E-state index contributed by atoms with van der Waals surface area (Å²) in [6, 6.07) is 13.4. The molecule has 0 unspecified atom stereocenters. The summed E-state index contributed by atoms with van der Waals surface area (Å²) in [4.78, 5) is 19.6. The Bertz CT molecular complexity index is 1260. The lowest BCUT2D eigenvalue weighted by molar-refractivity contribution is 0.102. The van der Waals surface area contributed by atoms with Crippen LogP contribution in [0.15, 0.2) is 51.9 Å². The molecule has 0 bridgehead atoms. The third-order valence-electron chi connectivity index (χ3n) is 6.54. The minimum Gasteiger partial charge on any atom is -0.454 e. The van der Waals surface area contributed by atoms with Crippen LogP contribution in [0.25, 0.3) is 0 Å². The molecule has 1 amide bonds. The number of nitrogens with zero attached hydrogens (tertiary/aromatic N) is 1. The minimum absolute atomic E-state index is 0.102. The zero-order valence-corrected chi connectivity index (χ0v) is 21.9. The molecule has 0 radical (unpaired) electrons. The third kappa shape index (κ3) is 4.64. The number of anilines is 1. The van der Waals surface area contributed by atoms with Crippen LogP contribution in [0, 0.1) is 11.3 Å². The van der Waals surface area contributed by atoms with Crippen molar-refractivity contribution in [3.8, 4) is 11.5 Å². The number of aliphatic imine (C=N–C) groups is 1. The average molecular weight is 539 g/mol. The normalized spacial score (nSPS) is 17.1. The Kier molecular flexibility index (Phi) is 6.25. The molecular weight excluding hydrogens is 512 g/mol. The van der Waals surface area contributed by atoms with Crippen molar-refractivity contribution in [3.05, 3.63) is 68.5 Å². The molecule has 34 heavy (non-hydrogen) atoms. The van der Waals surface area contributed by atoms with Gasteiger partial charge in [-0.25, -0.2) is 4.99 Å². The largest absolute Gasteiger partial charge is 0.454 e. The number of halogens is 1. The zero-order chi connectivity index (χ0) is 23.9. The van der Waals surface area contributed by atoms with Crippen LogP contribution < -0.4 is 14.8 Å². The molecule has 5 rings (SSSR count). The molecule has 2 aromatic carbocycles. The summed E-state index contributed by atoms with van der Waals surface area (Å²) < 4.78 is 11.8. The van der Waals surface area contributed by atoms with Crippen LogP contribution in [0.3, 0.4) is 0 Å². The Morgan fingerprint density at radius 1 is 1.18 bits per heavy atom. The number of rotatable bonds is 4. The second-order valence-electron chi connectivity index (χ2n) is 9.80. The summed E-state index contributed by atoms with van der Waals surface area (Å²) in [5.41, 5.74) is 3.73. The average Bonchev–Trinajstić information content (AvgIpc) is 3.40. The van der Waals surface area contributed by atoms with Crippen molar-refractivity contribution in [3.63, 3.8) is 0 Å². The van der Waals surface area contributed by atoms with Gasteiger partial charge in [0.05, 0.1) is 5.56 Å². The van der Waals surface area contributed by atoms with Crippen molar-refractivity contribution < 1.29 is 14.3 Å². The van der Waals surface area contributed by atoms with Crippen LogP contribution in [-0.2, 0) is 12.8 Å². The molecule has 0 fully saturated rings. The second-order valence-corrected chi connectivity index (χ2v) is 11.7. The lowest BCUT2D eigenvalue weighted by Gasteiger charge is -2.33. The number of nitrogens with one attached hydrogen (secondary N) is 1. The molecule has 5 nitrogen and oxygen atoms in total. The second kappa shape index (κ2) is 9.19. The van der Waals surface area contributed by atoms with E-state index in [9.17, 15) is 4.79 Å². The van der Waals surface area contributed by atoms with E-state index in [1.165, 1.54) is 4.88 Å². The molecule has 176 valence electrons. The molecule has 3 aromatic rings. The standard InChI is InChI=1S/C27H27BrN2O3S/c1-27(2,3)17-9-10-19-23(12-17)34-26(24(19)25(31)30-18-7-5-4-6-8-18)29-14-16-11-21-22(13-20(16)28)33-15-32-21/h4-8,11,13-14,17H,9-10,12,15H2,1-3H3,(H,30,31)/t17-/m1/s1. The fraction of sp³-hybridized carbons (Fsp3) is 0.333. The molecule has 0 spiro atoms. The van der Waals surface area contributed by atoms with Crippen molar-refractivity contribution in [1.82, 2.24) is 0 Å². The van der Waals surface area contributed by atoms with E-state index in [1.807, 2.05) is 42.5 Å². The summed E-state index contributed by atoms with van der Waals surface area (Å²) in [5, 5.41) is 3.82. The highest BCUT2D eigenvalue weighted by molar-refractivity contribution is 9.10. The van der Waals surface area contributed by atoms with Crippen molar-refractivity contribution in [2.75, 3.05) is 12.1 Å². The predicted octanol–water partition coefficient (Wildman–Crippen LogP) is 7.39. The van der Waals surface area contributed by atoms with Gasteiger partial charge in [0, 0.05) is 26.8 Å². The molecular formula is C27H27BrN2O3S. The molecule has 1 aliphatic heterocycles. The summed E-state index contributed by atoms with van der Waals surface area (Å²) >= 11 is 5.24. The number of para-hydroxylation sites is 1. The Morgan fingerprint density at radius 2 is 1.91 bits per heavy atom. The number of thiophene rings is 1. The lowest BCUT2D eigenvalue weighted by atomic mass is 9.72. The molecule has 1 aliphatic carbocycles. The molecule has 0 saturated carbocycles. The number of carbonyl (C=O) groups excluding carboxylic acids is 1. The van der Waals surface area contributed by atoms with E-state index in [2.05, 4.69) is 42.0 Å². The molecule has 2 aliphatic rings. The van der Waals surface area contributed by atoms with Gasteiger partial charge in [0.25, 0.3) is 5.91 Å². The number of benzene rings is 2. The number of fused-ring (bicyclic) bond motifs is 2. The molecule has 7 heteroatoms. The third-order valence-corrected chi connectivity index (χ3v) is 8.39. The van der Waals surface area contributed by atoms with Crippen molar-refractivity contribution in [1.29, 1.82) is 0 Å². The van der Waals surface area contributed by atoms with Crippen molar-refractivity contribution in [2.24, 2.45) is 16.3 Å². The monoisotopic (exact) mass is 538 g/mol. The molecule has 1 N–H and O–H groups in total. The van der Waals surface area contributed by atoms with Crippen LogP contribution in [0.5, 0.6) is 11.5 Å². The van der Waals surface area contributed by atoms with Gasteiger partial charge >= 0.3 is 0 Å². The van der Waals surface area contributed by atoms with Gasteiger partial charge in [0.2, 0.25) is 6.79 Å². The minimum atomic E-state index is -0.102.